The second kappa shape index (κ2) is 8.44. The van der Waals surface area contributed by atoms with E-state index in [4.69, 9.17) is 4.74 Å². The van der Waals surface area contributed by atoms with Crippen molar-refractivity contribution in [2.45, 2.75) is 12.8 Å². The Morgan fingerprint density at radius 3 is 2.57 bits per heavy atom. The van der Waals surface area contributed by atoms with E-state index in [0.717, 1.165) is 49.7 Å². The van der Waals surface area contributed by atoms with Crippen LogP contribution < -0.4 is 10.1 Å². The lowest BCUT2D eigenvalue weighted by Crippen LogP contribution is -2.49. The first-order valence-corrected chi connectivity index (χ1v) is 9.81. The van der Waals surface area contributed by atoms with Crippen LogP contribution in [0, 0.1) is 0 Å². The number of fused-ring (bicyclic) bond motifs is 1. The molecule has 0 aliphatic carbocycles. The molecule has 0 aromatic heterocycles. The van der Waals surface area contributed by atoms with Crippen LogP contribution in [0.5, 0.6) is 5.75 Å². The number of amides is 2. The molecule has 1 saturated heterocycles. The Balaban J connectivity index is 1.26. The van der Waals surface area contributed by atoms with Crippen molar-refractivity contribution in [3.8, 4) is 5.75 Å². The summed E-state index contributed by atoms with van der Waals surface area (Å²) in [5.41, 5.74) is 2.58. The standard InChI is InChI=1S/C22H25N3O3/c26-21-9-7-17-16-18(6-8-20(17)23-21)22(27)25-12-10-24(11-13-25)14-15-28-19-4-2-1-3-5-19/h1-6,8,16H,7,9-15H2,(H,23,26). The van der Waals surface area contributed by atoms with Crippen molar-refractivity contribution in [1.82, 2.24) is 9.80 Å². The van der Waals surface area contributed by atoms with E-state index in [-0.39, 0.29) is 11.8 Å². The van der Waals surface area contributed by atoms with E-state index in [0.29, 0.717) is 25.0 Å². The minimum atomic E-state index is 0.0407. The molecule has 0 saturated carbocycles. The zero-order chi connectivity index (χ0) is 19.3. The number of nitrogens with one attached hydrogen (secondary N) is 1. The number of hydrogen-bond acceptors (Lipinski definition) is 4. The largest absolute Gasteiger partial charge is 0.492 e. The van der Waals surface area contributed by atoms with Gasteiger partial charge in [0.1, 0.15) is 12.4 Å². The fraction of sp³-hybridized carbons (Fsp3) is 0.364. The number of nitrogens with zero attached hydrogens (tertiary/aromatic N) is 2. The maximum absolute atomic E-state index is 12.9. The van der Waals surface area contributed by atoms with Gasteiger partial charge >= 0.3 is 0 Å². The van der Waals surface area contributed by atoms with E-state index in [1.807, 2.05) is 53.4 Å². The van der Waals surface area contributed by atoms with Crippen molar-refractivity contribution in [2.75, 3.05) is 44.6 Å². The predicted octanol–water partition coefficient (Wildman–Crippen LogP) is 2.41. The minimum absolute atomic E-state index is 0.0407. The lowest BCUT2D eigenvalue weighted by Gasteiger charge is -2.34. The van der Waals surface area contributed by atoms with Crippen LogP contribution in [0.15, 0.2) is 48.5 Å². The zero-order valence-electron chi connectivity index (χ0n) is 15.9. The molecule has 0 radical (unpaired) electrons. The molecule has 2 aromatic rings. The summed E-state index contributed by atoms with van der Waals surface area (Å²) in [5.74, 6) is 0.999. The summed E-state index contributed by atoms with van der Waals surface area (Å²) in [4.78, 5) is 28.6. The number of carbonyl (C=O) groups excluding carboxylic acids is 2. The Morgan fingerprint density at radius 1 is 1.00 bits per heavy atom. The van der Waals surface area contributed by atoms with Crippen molar-refractivity contribution in [2.24, 2.45) is 0 Å². The highest BCUT2D eigenvalue weighted by Gasteiger charge is 2.23. The van der Waals surface area contributed by atoms with Crippen molar-refractivity contribution >= 4 is 17.5 Å². The van der Waals surface area contributed by atoms with Crippen LogP contribution in [0.1, 0.15) is 22.3 Å². The van der Waals surface area contributed by atoms with E-state index in [1.54, 1.807) is 0 Å². The summed E-state index contributed by atoms with van der Waals surface area (Å²) < 4.78 is 5.76. The topological polar surface area (TPSA) is 61.9 Å². The molecule has 2 heterocycles. The SMILES string of the molecule is O=C1CCc2cc(C(=O)N3CCN(CCOc4ccccc4)CC3)ccc2N1. The monoisotopic (exact) mass is 379 g/mol. The lowest BCUT2D eigenvalue weighted by molar-refractivity contribution is -0.116. The predicted molar refractivity (Wildman–Crippen MR) is 108 cm³/mol. The number of piperazine rings is 1. The van der Waals surface area contributed by atoms with Crippen LogP contribution >= 0.6 is 0 Å². The Morgan fingerprint density at radius 2 is 1.79 bits per heavy atom. The molecule has 0 bridgehead atoms. The molecule has 0 spiro atoms. The number of rotatable bonds is 5. The molecule has 0 atom stereocenters. The van der Waals surface area contributed by atoms with Gasteiger partial charge in [0.25, 0.3) is 5.91 Å². The van der Waals surface area contributed by atoms with Crippen LogP contribution in [0.2, 0.25) is 0 Å². The van der Waals surface area contributed by atoms with Gasteiger partial charge in [-0.05, 0) is 42.3 Å². The molecule has 0 unspecified atom stereocenters. The lowest BCUT2D eigenvalue weighted by atomic mass is 10.00. The summed E-state index contributed by atoms with van der Waals surface area (Å²) in [7, 11) is 0. The summed E-state index contributed by atoms with van der Waals surface area (Å²) in [5, 5.41) is 2.86. The smallest absolute Gasteiger partial charge is 0.253 e. The highest BCUT2D eigenvalue weighted by atomic mass is 16.5. The van der Waals surface area contributed by atoms with Gasteiger partial charge in [-0.2, -0.15) is 0 Å². The fourth-order valence-corrected chi connectivity index (χ4v) is 3.68. The van der Waals surface area contributed by atoms with Crippen LogP contribution in [0.4, 0.5) is 5.69 Å². The van der Waals surface area contributed by atoms with E-state index < -0.39 is 0 Å². The van der Waals surface area contributed by atoms with Gasteiger partial charge in [-0.3, -0.25) is 14.5 Å². The van der Waals surface area contributed by atoms with E-state index >= 15 is 0 Å². The highest BCUT2D eigenvalue weighted by molar-refractivity contribution is 5.98. The van der Waals surface area contributed by atoms with Gasteiger partial charge in [-0.15, -0.1) is 0 Å². The van der Waals surface area contributed by atoms with E-state index in [9.17, 15) is 9.59 Å². The normalized spacial score (nSPS) is 17.0. The van der Waals surface area contributed by atoms with E-state index in [2.05, 4.69) is 10.2 Å². The molecular formula is C22H25N3O3. The molecule has 146 valence electrons. The molecule has 2 aliphatic rings. The van der Waals surface area contributed by atoms with Gasteiger partial charge in [0.05, 0.1) is 0 Å². The average Bonchev–Trinajstić information content (AvgIpc) is 2.74. The van der Waals surface area contributed by atoms with Gasteiger partial charge in [0.2, 0.25) is 5.91 Å². The second-order valence-electron chi connectivity index (χ2n) is 7.22. The van der Waals surface area contributed by atoms with Gasteiger partial charge in [0, 0.05) is 50.4 Å². The Kier molecular flexibility index (Phi) is 5.58. The van der Waals surface area contributed by atoms with Crippen molar-refractivity contribution in [1.29, 1.82) is 0 Å². The van der Waals surface area contributed by atoms with Gasteiger partial charge < -0.3 is 15.0 Å². The maximum Gasteiger partial charge on any atom is 0.253 e. The third-order valence-corrected chi connectivity index (χ3v) is 5.33. The number of para-hydroxylation sites is 1. The molecule has 6 heteroatoms. The van der Waals surface area contributed by atoms with Crippen LogP contribution in [-0.2, 0) is 11.2 Å². The van der Waals surface area contributed by atoms with Crippen molar-refractivity contribution < 1.29 is 14.3 Å². The van der Waals surface area contributed by atoms with Crippen molar-refractivity contribution in [3.05, 3.63) is 59.7 Å². The second-order valence-corrected chi connectivity index (χ2v) is 7.22. The Hall–Kier alpha value is -2.86. The molecule has 4 rings (SSSR count). The Bertz CT molecular complexity index is 845. The van der Waals surface area contributed by atoms with Gasteiger partial charge in [-0.25, -0.2) is 0 Å². The number of aryl methyl sites for hydroxylation is 1. The third-order valence-electron chi connectivity index (χ3n) is 5.33. The number of benzene rings is 2. The van der Waals surface area contributed by atoms with Crippen LogP contribution in [0.3, 0.4) is 0 Å². The number of ether oxygens (including phenoxy) is 1. The molecule has 6 nitrogen and oxygen atoms in total. The quantitative estimate of drug-likeness (QED) is 0.867. The molecule has 2 amide bonds. The fourth-order valence-electron chi connectivity index (χ4n) is 3.68. The van der Waals surface area contributed by atoms with Gasteiger partial charge in [0.15, 0.2) is 0 Å². The number of carbonyl (C=O) groups is 2. The van der Waals surface area contributed by atoms with E-state index in [1.165, 1.54) is 0 Å². The minimum Gasteiger partial charge on any atom is -0.492 e. The average molecular weight is 379 g/mol. The summed E-state index contributed by atoms with van der Waals surface area (Å²) >= 11 is 0. The molecule has 2 aromatic carbocycles. The first-order chi connectivity index (χ1) is 13.7. The highest BCUT2D eigenvalue weighted by Crippen LogP contribution is 2.24. The molecule has 2 aliphatic heterocycles. The Labute approximate surface area is 165 Å². The molecule has 1 N–H and O–H groups in total. The summed E-state index contributed by atoms with van der Waals surface area (Å²) in [6, 6.07) is 15.4. The molecular weight excluding hydrogens is 354 g/mol. The van der Waals surface area contributed by atoms with Crippen molar-refractivity contribution in [3.63, 3.8) is 0 Å². The summed E-state index contributed by atoms with van der Waals surface area (Å²) in [6.07, 6.45) is 1.17. The first kappa shape index (κ1) is 18.5. The van der Waals surface area contributed by atoms with Crippen LogP contribution in [-0.4, -0.2) is 60.9 Å². The van der Waals surface area contributed by atoms with Crippen LogP contribution in [0.25, 0.3) is 0 Å². The first-order valence-electron chi connectivity index (χ1n) is 9.81. The van der Waals surface area contributed by atoms with Gasteiger partial charge in [-0.1, -0.05) is 18.2 Å². The maximum atomic E-state index is 12.9. The molecule has 1 fully saturated rings. The zero-order valence-corrected chi connectivity index (χ0v) is 15.9. The summed E-state index contributed by atoms with van der Waals surface area (Å²) in [6.45, 7) is 4.65. The molecule has 28 heavy (non-hydrogen) atoms. The number of anilines is 1. The third kappa shape index (κ3) is 4.34. The number of hydrogen-bond donors (Lipinski definition) is 1.